The van der Waals surface area contributed by atoms with Gasteiger partial charge in [-0.15, -0.1) is 0 Å². The summed E-state index contributed by atoms with van der Waals surface area (Å²) >= 11 is 0. The number of hydrogen-bond acceptors (Lipinski definition) is 4. The van der Waals surface area contributed by atoms with E-state index in [1.165, 1.54) is 12.8 Å². The molecule has 0 radical (unpaired) electrons. The van der Waals surface area contributed by atoms with E-state index in [0.29, 0.717) is 31.4 Å². The topological polar surface area (TPSA) is 59.4 Å². The maximum atomic E-state index is 13.3. The fourth-order valence-electron chi connectivity index (χ4n) is 5.61. The number of benzene rings is 2. The molecule has 1 saturated carbocycles. The van der Waals surface area contributed by atoms with Crippen LogP contribution in [-0.4, -0.2) is 51.9 Å². The Labute approximate surface area is 207 Å². The van der Waals surface area contributed by atoms with Gasteiger partial charge in [0.15, 0.2) is 5.69 Å². The maximum Gasteiger partial charge on any atom is 0.416 e. The number of alkyl halides is 3. The largest absolute Gasteiger partial charge is 0.416 e. The van der Waals surface area contributed by atoms with Gasteiger partial charge < -0.3 is 10.1 Å². The highest BCUT2D eigenvalue weighted by Gasteiger charge is 2.40. The van der Waals surface area contributed by atoms with Crippen LogP contribution in [0.25, 0.3) is 10.9 Å². The molecule has 2 aromatic carbocycles. The third-order valence-corrected chi connectivity index (χ3v) is 7.65. The summed E-state index contributed by atoms with van der Waals surface area (Å²) in [6, 6.07) is 13.4. The van der Waals surface area contributed by atoms with Crippen molar-refractivity contribution in [2.75, 3.05) is 13.2 Å². The highest BCUT2D eigenvalue weighted by Crippen LogP contribution is 2.33. The molecule has 190 valence electrons. The number of carbonyl (C=O) groups is 1. The number of carbonyl (C=O) groups excluding carboxylic acids is 1. The zero-order valence-corrected chi connectivity index (χ0v) is 19.9. The Bertz CT molecular complexity index is 1240. The molecule has 6 nitrogen and oxygen atoms in total. The number of nitrogens with zero attached hydrogens (tertiary/aromatic N) is 3. The Kier molecular flexibility index (Phi) is 6.00. The monoisotopic (exact) mass is 498 g/mol. The summed E-state index contributed by atoms with van der Waals surface area (Å²) in [6.45, 7) is 2.50. The first-order valence-corrected chi connectivity index (χ1v) is 12.6. The first kappa shape index (κ1) is 23.5. The molecule has 2 bridgehead atoms. The number of ether oxygens (including phenoxy) is 1. The second-order valence-corrected chi connectivity index (χ2v) is 10.3. The number of piperidine rings is 1. The van der Waals surface area contributed by atoms with Crippen LogP contribution in [0, 0.1) is 5.92 Å². The van der Waals surface area contributed by atoms with E-state index in [1.807, 2.05) is 28.9 Å². The van der Waals surface area contributed by atoms with Crippen molar-refractivity contribution < 1.29 is 22.7 Å². The van der Waals surface area contributed by atoms with E-state index in [4.69, 9.17) is 9.84 Å². The van der Waals surface area contributed by atoms with Crippen molar-refractivity contribution in [3.8, 4) is 0 Å². The van der Waals surface area contributed by atoms with Crippen molar-refractivity contribution in [3.63, 3.8) is 0 Å². The minimum Gasteiger partial charge on any atom is -0.378 e. The van der Waals surface area contributed by atoms with E-state index in [2.05, 4.69) is 10.2 Å². The van der Waals surface area contributed by atoms with Crippen molar-refractivity contribution in [1.29, 1.82) is 0 Å². The number of hydrogen-bond donors (Lipinski definition) is 1. The number of halogens is 3. The number of para-hydroxylation sites is 1. The molecular weight excluding hydrogens is 469 g/mol. The van der Waals surface area contributed by atoms with Crippen LogP contribution in [0.1, 0.15) is 47.3 Å². The molecule has 2 saturated heterocycles. The van der Waals surface area contributed by atoms with Gasteiger partial charge >= 0.3 is 6.18 Å². The number of amides is 1. The summed E-state index contributed by atoms with van der Waals surface area (Å²) in [5.74, 6) is 0.499. The molecule has 36 heavy (non-hydrogen) atoms. The maximum absolute atomic E-state index is 13.3. The van der Waals surface area contributed by atoms with Gasteiger partial charge in [0.1, 0.15) is 0 Å². The van der Waals surface area contributed by atoms with Gasteiger partial charge in [-0.2, -0.15) is 18.3 Å². The van der Waals surface area contributed by atoms with Gasteiger partial charge in [0, 0.05) is 36.6 Å². The second-order valence-electron chi connectivity index (χ2n) is 10.3. The lowest BCUT2D eigenvalue weighted by atomic mass is 9.89. The minimum atomic E-state index is -4.33. The number of nitrogens with one attached hydrogen (secondary N) is 1. The summed E-state index contributed by atoms with van der Waals surface area (Å²) in [7, 11) is 0. The molecular formula is C27H29F3N4O2. The Balaban J connectivity index is 1.14. The van der Waals surface area contributed by atoms with Gasteiger partial charge in [0.25, 0.3) is 5.91 Å². The van der Waals surface area contributed by atoms with Gasteiger partial charge in [-0.3, -0.25) is 14.4 Å². The molecule has 1 aliphatic carbocycles. The molecule has 0 unspecified atom stereocenters. The number of aromatic nitrogens is 2. The predicted molar refractivity (Wildman–Crippen MR) is 128 cm³/mol. The molecule has 2 aliphatic heterocycles. The molecule has 9 heteroatoms. The SMILES string of the molecule is O=C(N[C@H]1C[C@H]2COC[C@@H](C1)N2Cc1ccc(C(F)(F)F)cc1)c1nn(CC2CC2)c2ccccc12. The third kappa shape index (κ3) is 4.74. The average Bonchev–Trinajstić information content (AvgIpc) is 3.58. The molecule has 3 heterocycles. The quantitative estimate of drug-likeness (QED) is 0.539. The fraction of sp³-hybridized carbons (Fsp3) is 0.481. The summed E-state index contributed by atoms with van der Waals surface area (Å²) < 4.78 is 46.5. The molecule has 6 rings (SSSR count). The Morgan fingerprint density at radius 1 is 1.03 bits per heavy atom. The minimum absolute atomic E-state index is 0.00685. The zero-order valence-electron chi connectivity index (χ0n) is 19.9. The van der Waals surface area contributed by atoms with E-state index in [1.54, 1.807) is 12.1 Å². The van der Waals surface area contributed by atoms with Gasteiger partial charge in [-0.25, -0.2) is 0 Å². The summed E-state index contributed by atoms with van der Waals surface area (Å²) in [6.07, 6.45) is -0.455. The fourth-order valence-corrected chi connectivity index (χ4v) is 5.61. The lowest BCUT2D eigenvalue weighted by Crippen LogP contribution is -2.60. The van der Waals surface area contributed by atoms with Gasteiger partial charge in [0.2, 0.25) is 0 Å². The van der Waals surface area contributed by atoms with E-state index in [0.717, 1.165) is 48.0 Å². The van der Waals surface area contributed by atoms with Crippen LogP contribution in [0.2, 0.25) is 0 Å². The van der Waals surface area contributed by atoms with E-state index in [9.17, 15) is 18.0 Å². The predicted octanol–water partition coefficient (Wildman–Crippen LogP) is 4.63. The average molecular weight is 499 g/mol. The second kappa shape index (κ2) is 9.19. The summed E-state index contributed by atoms with van der Waals surface area (Å²) in [5, 5.41) is 8.79. The van der Waals surface area contributed by atoms with E-state index >= 15 is 0 Å². The van der Waals surface area contributed by atoms with Gasteiger partial charge in [-0.05, 0) is 55.4 Å². The van der Waals surface area contributed by atoms with Crippen molar-refractivity contribution in [1.82, 2.24) is 20.0 Å². The van der Waals surface area contributed by atoms with Gasteiger partial charge in [-0.1, -0.05) is 30.3 Å². The van der Waals surface area contributed by atoms with Crippen LogP contribution < -0.4 is 5.32 Å². The van der Waals surface area contributed by atoms with Crippen LogP contribution in [0.5, 0.6) is 0 Å². The Morgan fingerprint density at radius 2 is 1.72 bits per heavy atom. The van der Waals surface area contributed by atoms with Crippen LogP contribution in [0.4, 0.5) is 13.2 Å². The number of morpholine rings is 1. The highest BCUT2D eigenvalue weighted by atomic mass is 19.4. The normalized spacial score (nSPS) is 24.7. The lowest BCUT2D eigenvalue weighted by Gasteiger charge is -2.48. The van der Waals surface area contributed by atoms with Crippen LogP contribution in [-0.2, 0) is 24.0 Å². The molecule has 1 N–H and O–H groups in total. The first-order valence-electron chi connectivity index (χ1n) is 12.6. The Morgan fingerprint density at radius 3 is 2.39 bits per heavy atom. The number of rotatable bonds is 6. The lowest BCUT2D eigenvalue weighted by molar-refractivity contribution is -0.137. The molecule has 3 aromatic rings. The Hall–Kier alpha value is -2.91. The van der Waals surface area contributed by atoms with Gasteiger partial charge in [0.05, 0.1) is 24.3 Å². The van der Waals surface area contributed by atoms with Crippen molar-refractivity contribution in [2.24, 2.45) is 5.92 Å². The molecule has 0 spiro atoms. The zero-order chi connectivity index (χ0) is 24.9. The summed E-state index contributed by atoms with van der Waals surface area (Å²) in [4.78, 5) is 15.6. The van der Waals surface area contributed by atoms with Crippen molar-refractivity contribution >= 4 is 16.8 Å². The highest BCUT2D eigenvalue weighted by molar-refractivity contribution is 6.05. The van der Waals surface area contributed by atoms with Crippen molar-refractivity contribution in [3.05, 3.63) is 65.4 Å². The standard InChI is InChI=1S/C27H29F3N4O2/c28-27(29,30)19-9-7-17(8-10-19)13-33-21-11-20(12-22(33)16-36-15-21)31-26(35)25-23-3-1-2-4-24(23)34(32-25)14-18-5-6-18/h1-4,7-10,18,20-22H,5-6,11-16H2,(H,31,35)/t20-,21-,22+. The first-order chi connectivity index (χ1) is 17.3. The van der Waals surface area contributed by atoms with Crippen LogP contribution in [0.3, 0.4) is 0 Å². The molecule has 1 amide bonds. The number of fused-ring (bicyclic) bond motifs is 3. The van der Waals surface area contributed by atoms with E-state index < -0.39 is 11.7 Å². The summed E-state index contributed by atoms with van der Waals surface area (Å²) in [5.41, 5.74) is 1.67. The molecule has 1 aromatic heterocycles. The van der Waals surface area contributed by atoms with Crippen molar-refractivity contribution in [2.45, 2.75) is 63.1 Å². The van der Waals surface area contributed by atoms with Crippen LogP contribution >= 0.6 is 0 Å². The smallest absolute Gasteiger partial charge is 0.378 e. The third-order valence-electron chi connectivity index (χ3n) is 7.65. The molecule has 3 aliphatic rings. The van der Waals surface area contributed by atoms with E-state index in [-0.39, 0.29) is 24.0 Å². The molecule has 3 fully saturated rings. The van der Waals surface area contributed by atoms with Crippen LogP contribution in [0.15, 0.2) is 48.5 Å². The molecule has 3 atom stereocenters.